The fourth-order valence-electron chi connectivity index (χ4n) is 2.28. The van der Waals surface area contributed by atoms with Crippen LogP contribution in [0.2, 0.25) is 5.28 Å². The van der Waals surface area contributed by atoms with Gasteiger partial charge in [-0.3, -0.25) is 5.10 Å². The molecule has 0 aromatic carbocycles. The molecule has 3 heterocycles. The summed E-state index contributed by atoms with van der Waals surface area (Å²) >= 11 is 6.04. The van der Waals surface area contributed by atoms with Crippen LogP contribution >= 0.6 is 11.6 Å². The Balaban J connectivity index is 1.79. The maximum absolute atomic E-state index is 6.04. The lowest BCUT2D eigenvalue weighted by Gasteiger charge is -2.33. The van der Waals surface area contributed by atoms with Crippen LogP contribution in [0.3, 0.4) is 0 Å². The Bertz CT molecular complexity index is 619. The number of piperazine rings is 1. The summed E-state index contributed by atoms with van der Waals surface area (Å²) in [5.74, 6) is 2.21. The Kier molecular flexibility index (Phi) is 3.94. The Morgan fingerprint density at radius 2 is 1.90 bits per heavy atom. The molecule has 1 fully saturated rings. The number of rotatable bonds is 3. The number of anilines is 3. The Labute approximate surface area is 128 Å². The molecule has 2 aromatic heterocycles. The van der Waals surface area contributed by atoms with E-state index in [1.54, 1.807) is 0 Å². The third-order valence-electron chi connectivity index (χ3n) is 3.47. The van der Waals surface area contributed by atoms with Gasteiger partial charge in [-0.25, -0.2) is 9.97 Å². The molecule has 0 unspecified atom stereocenters. The van der Waals surface area contributed by atoms with Gasteiger partial charge in [-0.1, -0.05) is 0 Å². The van der Waals surface area contributed by atoms with E-state index in [4.69, 9.17) is 11.6 Å². The number of halogens is 1. The van der Waals surface area contributed by atoms with Gasteiger partial charge < -0.3 is 15.1 Å². The summed E-state index contributed by atoms with van der Waals surface area (Å²) in [5.41, 5.74) is 0.983. The molecular weight excluding hydrogens is 290 g/mol. The van der Waals surface area contributed by atoms with Gasteiger partial charge in [-0.05, 0) is 25.6 Å². The highest BCUT2D eigenvalue weighted by Crippen LogP contribution is 2.21. The van der Waals surface area contributed by atoms with Crippen LogP contribution in [0.25, 0.3) is 0 Å². The monoisotopic (exact) mass is 307 g/mol. The van der Waals surface area contributed by atoms with Gasteiger partial charge in [-0.2, -0.15) is 5.10 Å². The van der Waals surface area contributed by atoms with Crippen LogP contribution in [0, 0.1) is 6.92 Å². The maximum Gasteiger partial charge on any atom is 0.226 e. The van der Waals surface area contributed by atoms with Gasteiger partial charge in [0.25, 0.3) is 0 Å². The van der Waals surface area contributed by atoms with Gasteiger partial charge in [0.15, 0.2) is 5.82 Å². The Morgan fingerprint density at radius 3 is 2.57 bits per heavy atom. The number of aromatic amines is 1. The highest BCUT2D eigenvalue weighted by Gasteiger charge is 2.17. The van der Waals surface area contributed by atoms with E-state index in [2.05, 4.69) is 42.3 Å². The minimum atomic E-state index is 0.237. The Morgan fingerprint density at radius 1 is 1.14 bits per heavy atom. The molecule has 0 saturated carbocycles. The standard InChI is InChI=1S/C13H18ClN7/c1-9-7-11(19-18-9)15-10-8-12(17-13(14)16-10)21-5-3-20(2)4-6-21/h7-8H,3-6H2,1-2H3,(H2,15,16,17,18,19). The molecular formula is C13H18ClN7. The molecule has 3 rings (SSSR count). The molecule has 0 spiro atoms. The largest absolute Gasteiger partial charge is 0.354 e. The molecule has 1 aliphatic rings. The van der Waals surface area contributed by atoms with Gasteiger partial charge in [-0.15, -0.1) is 0 Å². The van der Waals surface area contributed by atoms with Crippen molar-refractivity contribution >= 4 is 29.1 Å². The van der Waals surface area contributed by atoms with E-state index in [9.17, 15) is 0 Å². The minimum Gasteiger partial charge on any atom is -0.354 e. The number of aromatic nitrogens is 4. The summed E-state index contributed by atoms with van der Waals surface area (Å²) < 4.78 is 0. The first kappa shape index (κ1) is 14.1. The molecule has 112 valence electrons. The van der Waals surface area contributed by atoms with Crippen LogP contribution in [0.1, 0.15) is 5.69 Å². The molecule has 2 N–H and O–H groups in total. The quantitative estimate of drug-likeness (QED) is 0.840. The highest BCUT2D eigenvalue weighted by atomic mass is 35.5. The lowest BCUT2D eigenvalue weighted by atomic mass is 10.3. The smallest absolute Gasteiger partial charge is 0.226 e. The number of H-pyrrole nitrogens is 1. The molecule has 8 heteroatoms. The molecule has 0 bridgehead atoms. The second-order valence-electron chi connectivity index (χ2n) is 5.23. The lowest BCUT2D eigenvalue weighted by molar-refractivity contribution is 0.312. The summed E-state index contributed by atoms with van der Waals surface area (Å²) in [6.45, 7) is 5.85. The van der Waals surface area contributed by atoms with Gasteiger partial charge in [0.1, 0.15) is 11.6 Å². The first-order chi connectivity index (χ1) is 10.1. The van der Waals surface area contributed by atoms with Crippen molar-refractivity contribution in [3.63, 3.8) is 0 Å². The third kappa shape index (κ3) is 3.43. The summed E-state index contributed by atoms with van der Waals surface area (Å²) in [5, 5.41) is 10.4. The van der Waals surface area contributed by atoms with E-state index in [-0.39, 0.29) is 5.28 Å². The third-order valence-corrected chi connectivity index (χ3v) is 3.64. The first-order valence-electron chi connectivity index (χ1n) is 6.87. The molecule has 0 radical (unpaired) electrons. The first-order valence-corrected chi connectivity index (χ1v) is 7.25. The summed E-state index contributed by atoms with van der Waals surface area (Å²) in [6.07, 6.45) is 0. The molecule has 0 aliphatic carbocycles. The number of likely N-dealkylation sites (N-methyl/N-ethyl adjacent to an activating group) is 1. The van der Waals surface area contributed by atoms with Crippen molar-refractivity contribution in [2.75, 3.05) is 43.4 Å². The molecule has 0 atom stereocenters. The minimum absolute atomic E-state index is 0.237. The van der Waals surface area contributed by atoms with Gasteiger partial charge >= 0.3 is 0 Å². The zero-order valence-electron chi connectivity index (χ0n) is 12.1. The summed E-state index contributed by atoms with van der Waals surface area (Å²) in [6, 6.07) is 3.81. The lowest BCUT2D eigenvalue weighted by Crippen LogP contribution is -2.44. The molecule has 21 heavy (non-hydrogen) atoms. The number of aryl methyl sites for hydroxylation is 1. The SMILES string of the molecule is Cc1cc(Nc2cc(N3CCN(C)CC3)nc(Cl)n2)n[nH]1. The van der Waals surface area contributed by atoms with E-state index >= 15 is 0 Å². The number of nitrogens with zero attached hydrogens (tertiary/aromatic N) is 5. The highest BCUT2D eigenvalue weighted by molar-refractivity contribution is 6.28. The van der Waals surface area contributed by atoms with Crippen LogP contribution in [-0.2, 0) is 0 Å². The molecule has 1 saturated heterocycles. The summed E-state index contributed by atoms with van der Waals surface area (Å²) in [7, 11) is 2.12. The summed E-state index contributed by atoms with van der Waals surface area (Å²) in [4.78, 5) is 13.0. The van der Waals surface area contributed by atoms with Crippen molar-refractivity contribution in [2.24, 2.45) is 0 Å². The van der Waals surface area contributed by atoms with Crippen LogP contribution in [0.5, 0.6) is 0 Å². The molecule has 2 aromatic rings. The topological polar surface area (TPSA) is 73.0 Å². The predicted molar refractivity (Wildman–Crippen MR) is 83.4 cm³/mol. The van der Waals surface area contributed by atoms with Crippen molar-refractivity contribution < 1.29 is 0 Å². The molecule has 7 nitrogen and oxygen atoms in total. The maximum atomic E-state index is 6.04. The fourth-order valence-corrected chi connectivity index (χ4v) is 2.46. The van der Waals surface area contributed by atoms with Crippen molar-refractivity contribution in [3.8, 4) is 0 Å². The predicted octanol–water partition coefficient (Wildman–Crippen LogP) is 1.66. The number of hydrogen-bond acceptors (Lipinski definition) is 6. The van der Waals surface area contributed by atoms with E-state index in [0.29, 0.717) is 11.6 Å². The van der Waals surface area contributed by atoms with Crippen LogP contribution in [-0.4, -0.2) is 58.3 Å². The van der Waals surface area contributed by atoms with Crippen molar-refractivity contribution in [3.05, 3.63) is 23.1 Å². The van der Waals surface area contributed by atoms with Crippen LogP contribution < -0.4 is 10.2 Å². The van der Waals surface area contributed by atoms with Gasteiger partial charge in [0, 0.05) is 44.0 Å². The van der Waals surface area contributed by atoms with Crippen molar-refractivity contribution in [1.82, 2.24) is 25.1 Å². The Hall–Kier alpha value is -1.86. The van der Waals surface area contributed by atoms with E-state index in [0.717, 1.165) is 37.7 Å². The number of nitrogens with one attached hydrogen (secondary N) is 2. The second-order valence-corrected chi connectivity index (χ2v) is 5.57. The molecule has 1 aliphatic heterocycles. The fraction of sp³-hybridized carbons (Fsp3) is 0.462. The average molecular weight is 308 g/mol. The zero-order chi connectivity index (χ0) is 14.8. The average Bonchev–Trinajstić information content (AvgIpc) is 2.84. The second kappa shape index (κ2) is 5.87. The van der Waals surface area contributed by atoms with Crippen LogP contribution in [0.15, 0.2) is 12.1 Å². The van der Waals surface area contributed by atoms with Gasteiger partial charge in [0.05, 0.1) is 0 Å². The molecule has 0 amide bonds. The van der Waals surface area contributed by atoms with E-state index < -0.39 is 0 Å². The van der Waals surface area contributed by atoms with Crippen LogP contribution in [0.4, 0.5) is 17.5 Å². The zero-order valence-corrected chi connectivity index (χ0v) is 12.9. The van der Waals surface area contributed by atoms with Crippen molar-refractivity contribution in [1.29, 1.82) is 0 Å². The van der Waals surface area contributed by atoms with E-state index in [1.165, 1.54) is 0 Å². The van der Waals surface area contributed by atoms with E-state index in [1.807, 2.05) is 19.1 Å². The normalized spacial score (nSPS) is 16.2. The number of hydrogen-bond donors (Lipinski definition) is 2. The van der Waals surface area contributed by atoms with Gasteiger partial charge in [0.2, 0.25) is 5.28 Å². The van der Waals surface area contributed by atoms with Crippen molar-refractivity contribution in [2.45, 2.75) is 6.92 Å².